The third kappa shape index (κ3) is 5.24. The van der Waals surface area contributed by atoms with Gasteiger partial charge in [-0.1, -0.05) is 13.3 Å². The van der Waals surface area contributed by atoms with Crippen molar-refractivity contribution in [2.75, 3.05) is 13.2 Å². The van der Waals surface area contributed by atoms with Gasteiger partial charge in [-0.25, -0.2) is 0 Å². The maximum atomic E-state index is 11.4. The lowest BCUT2D eigenvalue weighted by atomic mass is 10.2. The van der Waals surface area contributed by atoms with Crippen LogP contribution in [-0.2, 0) is 4.79 Å². The van der Waals surface area contributed by atoms with Crippen LogP contribution in [0.4, 0.5) is 0 Å². The molecule has 0 heterocycles. The summed E-state index contributed by atoms with van der Waals surface area (Å²) in [6.07, 6.45) is 2.02. The van der Waals surface area contributed by atoms with Gasteiger partial charge in [-0.05, 0) is 31.0 Å². The normalized spacial score (nSPS) is 10.0. The number of hydrogen-bond acceptors (Lipinski definition) is 3. The van der Waals surface area contributed by atoms with E-state index in [0.717, 1.165) is 18.4 Å². The van der Waals surface area contributed by atoms with E-state index in [-0.39, 0.29) is 18.3 Å². The van der Waals surface area contributed by atoms with Crippen LogP contribution < -0.4 is 10.1 Å². The van der Waals surface area contributed by atoms with Crippen molar-refractivity contribution in [3.8, 4) is 11.5 Å². The summed E-state index contributed by atoms with van der Waals surface area (Å²) in [5.74, 6) is 0.513. The van der Waals surface area contributed by atoms with Crippen LogP contribution in [0.3, 0.4) is 0 Å². The average Bonchev–Trinajstić information content (AvgIpc) is 2.25. The smallest absolute Gasteiger partial charge is 0.257 e. The molecule has 0 aromatic heterocycles. The molecule has 4 nitrogen and oxygen atoms in total. The molecule has 0 saturated heterocycles. The molecule has 0 aliphatic carbocycles. The van der Waals surface area contributed by atoms with Crippen molar-refractivity contribution < 1.29 is 14.6 Å². The van der Waals surface area contributed by atoms with Crippen LogP contribution in [0, 0.1) is 6.92 Å². The number of phenolic OH excluding ortho intramolecular Hbond substituents is 1. The Balaban J connectivity index is 2.36. The third-order valence-electron chi connectivity index (χ3n) is 2.26. The Bertz CT molecular complexity index is 357. The second kappa shape index (κ2) is 6.78. The fourth-order valence-corrected chi connectivity index (χ4v) is 1.42. The fraction of sp³-hybridized carbons (Fsp3) is 0.462. The molecule has 2 N–H and O–H groups in total. The Kier molecular flexibility index (Phi) is 5.33. The van der Waals surface area contributed by atoms with Gasteiger partial charge in [0.25, 0.3) is 5.91 Å². The minimum Gasteiger partial charge on any atom is -0.508 e. The van der Waals surface area contributed by atoms with E-state index in [1.54, 1.807) is 12.1 Å². The average molecular weight is 237 g/mol. The molecule has 0 fully saturated rings. The van der Waals surface area contributed by atoms with Gasteiger partial charge in [0.2, 0.25) is 0 Å². The number of benzene rings is 1. The SMILES string of the molecule is CCCCNC(=O)COc1cc(C)cc(O)c1. The molecule has 0 atom stereocenters. The van der Waals surface area contributed by atoms with Crippen molar-refractivity contribution in [1.82, 2.24) is 5.32 Å². The van der Waals surface area contributed by atoms with Gasteiger partial charge >= 0.3 is 0 Å². The Morgan fingerprint density at radius 1 is 1.41 bits per heavy atom. The van der Waals surface area contributed by atoms with E-state index >= 15 is 0 Å². The molecule has 0 aliphatic heterocycles. The van der Waals surface area contributed by atoms with Gasteiger partial charge in [-0.15, -0.1) is 0 Å². The molecule has 0 spiro atoms. The molecule has 94 valence electrons. The van der Waals surface area contributed by atoms with Gasteiger partial charge in [-0.2, -0.15) is 0 Å². The second-order valence-electron chi connectivity index (χ2n) is 4.00. The van der Waals surface area contributed by atoms with Gasteiger partial charge < -0.3 is 15.2 Å². The van der Waals surface area contributed by atoms with Crippen molar-refractivity contribution in [2.45, 2.75) is 26.7 Å². The highest BCUT2D eigenvalue weighted by Crippen LogP contribution is 2.20. The number of rotatable bonds is 6. The summed E-state index contributed by atoms with van der Waals surface area (Å²) in [5, 5.41) is 12.1. The van der Waals surface area contributed by atoms with Crippen LogP contribution >= 0.6 is 0 Å². The summed E-state index contributed by atoms with van der Waals surface area (Å²) in [6, 6.07) is 4.90. The quantitative estimate of drug-likeness (QED) is 0.744. The van der Waals surface area contributed by atoms with E-state index in [1.165, 1.54) is 6.07 Å². The fourth-order valence-electron chi connectivity index (χ4n) is 1.42. The van der Waals surface area contributed by atoms with E-state index in [4.69, 9.17) is 4.74 Å². The zero-order valence-corrected chi connectivity index (χ0v) is 10.3. The van der Waals surface area contributed by atoms with E-state index < -0.39 is 0 Å². The highest BCUT2D eigenvalue weighted by molar-refractivity contribution is 5.77. The molecule has 0 aliphatic rings. The Labute approximate surface area is 102 Å². The summed E-state index contributed by atoms with van der Waals surface area (Å²) in [7, 11) is 0. The lowest BCUT2D eigenvalue weighted by Gasteiger charge is -2.08. The van der Waals surface area contributed by atoms with Crippen LogP contribution in [0.25, 0.3) is 0 Å². The van der Waals surface area contributed by atoms with Crippen molar-refractivity contribution in [3.05, 3.63) is 23.8 Å². The predicted molar refractivity (Wildman–Crippen MR) is 66.3 cm³/mol. The molecule has 4 heteroatoms. The maximum absolute atomic E-state index is 11.4. The van der Waals surface area contributed by atoms with Crippen LogP contribution in [0.5, 0.6) is 11.5 Å². The van der Waals surface area contributed by atoms with Gasteiger partial charge in [0.05, 0.1) is 0 Å². The minimum absolute atomic E-state index is 0.0212. The van der Waals surface area contributed by atoms with Gasteiger partial charge in [0.15, 0.2) is 6.61 Å². The first-order chi connectivity index (χ1) is 8.11. The predicted octanol–water partition coefficient (Wildman–Crippen LogP) is 2.00. The van der Waals surface area contributed by atoms with Crippen molar-refractivity contribution in [1.29, 1.82) is 0 Å². The number of nitrogens with one attached hydrogen (secondary N) is 1. The highest BCUT2D eigenvalue weighted by Gasteiger charge is 2.03. The molecule has 0 saturated carbocycles. The summed E-state index contributed by atoms with van der Waals surface area (Å²) in [5.41, 5.74) is 0.895. The molecular weight excluding hydrogens is 218 g/mol. The first-order valence-corrected chi connectivity index (χ1v) is 5.82. The van der Waals surface area contributed by atoms with Crippen LogP contribution in [0.15, 0.2) is 18.2 Å². The molecule has 1 amide bonds. The number of hydrogen-bond donors (Lipinski definition) is 2. The number of carbonyl (C=O) groups excluding carboxylic acids is 1. The molecule has 0 unspecified atom stereocenters. The summed E-state index contributed by atoms with van der Waals surface area (Å²) in [6.45, 7) is 4.58. The lowest BCUT2D eigenvalue weighted by molar-refractivity contribution is -0.123. The molecule has 1 aromatic rings. The van der Waals surface area contributed by atoms with Gasteiger partial charge in [0, 0.05) is 12.6 Å². The van der Waals surface area contributed by atoms with Crippen LogP contribution in [-0.4, -0.2) is 24.2 Å². The van der Waals surface area contributed by atoms with E-state index in [9.17, 15) is 9.90 Å². The van der Waals surface area contributed by atoms with Crippen LogP contribution in [0.2, 0.25) is 0 Å². The van der Waals surface area contributed by atoms with Gasteiger partial charge in [-0.3, -0.25) is 4.79 Å². The largest absolute Gasteiger partial charge is 0.508 e. The third-order valence-corrected chi connectivity index (χ3v) is 2.26. The Hall–Kier alpha value is -1.71. The first-order valence-electron chi connectivity index (χ1n) is 5.82. The van der Waals surface area contributed by atoms with Crippen molar-refractivity contribution >= 4 is 5.91 Å². The number of amides is 1. The van der Waals surface area contributed by atoms with Crippen molar-refractivity contribution in [3.63, 3.8) is 0 Å². The Morgan fingerprint density at radius 2 is 2.18 bits per heavy atom. The second-order valence-corrected chi connectivity index (χ2v) is 4.00. The maximum Gasteiger partial charge on any atom is 0.257 e. The zero-order chi connectivity index (χ0) is 12.7. The number of carbonyl (C=O) groups is 1. The van der Waals surface area contributed by atoms with E-state index in [0.29, 0.717) is 12.3 Å². The molecule has 17 heavy (non-hydrogen) atoms. The zero-order valence-electron chi connectivity index (χ0n) is 10.3. The monoisotopic (exact) mass is 237 g/mol. The number of aromatic hydroxyl groups is 1. The number of phenols is 1. The molecule has 1 rings (SSSR count). The van der Waals surface area contributed by atoms with Gasteiger partial charge in [0.1, 0.15) is 11.5 Å². The standard InChI is InChI=1S/C13H19NO3/c1-3-4-5-14-13(16)9-17-12-7-10(2)6-11(15)8-12/h6-8,15H,3-5,9H2,1-2H3,(H,14,16). The molecule has 1 aromatic carbocycles. The minimum atomic E-state index is -0.139. The lowest BCUT2D eigenvalue weighted by Crippen LogP contribution is -2.29. The summed E-state index contributed by atoms with van der Waals surface area (Å²) in [4.78, 5) is 11.4. The Morgan fingerprint density at radius 3 is 2.82 bits per heavy atom. The highest BCUT2D eigenvalue weighted by atomic mass is 16.5. The molecular formula is C13H19NO3. The van der Waals surface area contributed by atoms with Crippen molar-refractivity contribution in [2.24, 2.45) is 0 Å². The molecule has 0 bridgehead atoms. The number of ether oxygens (including phenoxy) is 1. The topological polar surface area (TPSA) is 58.6 Å². The summed E-state index contributed by atoms with van der Waals surface area (Å²) < 4.78 is 5.29. The van der Waals surface area contributed by atoms with E-state index in [2.05, 4.69) is 12.2 Å². The number of aryl methyl sites for hydroxylation is 1. The summed E-state index contributed by atoms with van der Waals surface area (Å²) >= 11 is 0. The van der Waals surface area contributed by atoms with E-state index in [1.807, 2.05) is 6.92 Å². The molecule has 0 radical (unpaired) electrons. The first kappa shape index (κ1) is 13.4. The van der Waals surface area contributed by atoms with Crippen LogP contribution in [0.1, 0.15) is 25.3 Å². The number of unbranched alkanes of at least 4 members (excludes halogenated alkanes) is 1.